The van der Waals surface area contributed by atoms with E-state index in [0.29, 0.717) is 68.2 Å². The predicted octanol–water partition coefficient (Wildman–Crippen LogP) is 6.23. The minimum absolute atomic E-state index is 0.0299. The molecule has 52 heavy (non-hydrogen) atoms. The van der Waals surface area contributed by atoms with E-state index in [1.165, 1.54) is 21.3 Å². The first-order chi connectivity index (χ1) is 25.3. The van der Waals surface area contributed by atoms with Gasteiger partial charge in [0, 0.05) is 17.4 Å². The fraction of sp³-hybridized carbons (Fsp3) is 0.300. The van der Waals surface area contributed by atoms with Gasteiger partial charge in [-0.2, -0.15) is 0 Å². The topological polar surface area (TPSA) is 126 Å². The maximum Gasteiger partial charge on any atom is 0.339 e. The summed E-state index contributed by atoms with van der Waals surface area (Å²) in [6, 6.07) is 19.8. The largest absolute Gasteiger partial charge is 0.497 e. The van der Waals surface area contributed by atoms with Crippen molar-refractivity contribution in [3.8, 4) is 46.0 Å². The minimum atomic E-state index is -0.890. The van der Waals surface area contributed by atoms with Crippen molar-refractivity contribution in [1.82, 2.24) is 0 Å². The van der Waals surface area contributed by atoms with E-state index < -0.39 is 35.8 Å². The third-order valence-electron chi connectivity index (χ3n) is 9.74. The average molecular weight is 711 g/mol. The van der Waals surface area contributed by atoms with Gasteiger partial charge in [-0.25, -0.2) is 4.79 Å². The Labute approximate surface area is 300 Å². The van der Waals surface area contributed by atoms with Crippen LogP contribution >= 0.6 is 0 Å². The van der Waals surface area contributed by atoms with Crippen LogP contribution in [0.3, 0.4) is 0 Å². The number of cyclic esters (lactones) is 1. The van der Waals surface area contributed by atoms with Crippen LogP contribution in [-0.2, 0) is 19.1 Å². The van der Waals surface area contributed by atoms with Crippen LogP contribution in [0.4, 0.5) is 0 Å². The maximum absolute atomic E-state index is 14.5. The molecule has 0 amide bonds. The van der Waals surface area contributed by atoms with Gasteiger partial charge in [-0.1, -0.05) is 18.2 Å². The van der Waals surface area contributed by atoms with Crippen LogP contribution in [0.25, 0.3) is 11.6 Å². The highest BCUT2D eigenvalue weighted by Gasteiger charge is 2.54. The van der Waals surface area contributed by atoms with E-state index in [9.17, 15) is 9.59 Å². The van der Waals surface area contributed by atoms with Crippen molar-refractivity contribution >= 4 is 23.6 Å². The molecular weight excluding hydrogens is 672 g/mol. The van der Waals surface area contributed by atoms with Gasteiger partial charge in [0.2, 0.25) is 12.5 Å². The number of ether oxygens (including phenoxy) is 10. The van der Waals surface area contributed by atoms with E-state index in [1.807, 2.05) is 30.3 Å². The quantitative estimate of drug-likeness (QED) is 0.0996. The lowest BCUT2D eigenvalue weighted by atomic mass is 9.66. The van der Waals surface area contributed by atoms with Gasteiger partial charge in [0.05, 0.1) is 60.8 Å². The Kier molecular flexibility index (Phi) is 9.46. The number of esters is 2. The van der Waals surface area contributed by atoms with Gasteiger partial charge >= 0.3 is 11.9 Å². The van der Waals surface area contributed by atoms with Gasteiger partial charge in [0.15, 0.2) is 34.5 Å². The number of benzene rings is 4. The molecular formula is C40H38O12. The molecule has 1 aliphatic carbocycles. The second-order valence-electron chi connectivity index (χ2n) is 12.3. The summed E-state index contributed by atoms with van der Waals surface area (Å²) in [5, 5.41) is 0. The van der Waals surface area contributed by atoms with Gasteiger partial charge < -0.3 is 47.4 Å². The molecule has 4 atom stereocenters. The maximum atomic E-state index is 14.5. The summed E-state index contributed by atoms with van der Waals surface area (Å²) < 4.78 is 57.1. The molecule has 2 aliphatic heterocycles. The highest BCUT2D eigenvalue weighted by molar-refractivity contribution is 6.21. The molecule has 2 heterocycles. The second kappa shape index (κ2) is 14.3. The van der Waals surface area contributed by atoms with E-state index >= 15 is 0 Å². The van der Waals surface area contributed by atoms with Crippen molar-refractivity contribution in [2.45, 2.75) is 12.0 Å². The van der Waals surface area contributed by atoms with Crippen LogP contribution in [0, 0.1) is 11.8 Å². The Morgan fingerprint density at radius 1 is 0.692 bits per heavy atom. The van der Waals surface area contributed by atoms with Gasteiger partial charge in [-0.3, -0.25) is 4.79 Å². The molecule has 0 N–H and O–H groups in total. The summed E-state index contributed by atoms with van der Waals surface area (Å²) >= 11 is 0. The summed E-state index contributed by atoms with van der Waals surface area (Å²) in [4.78, 5) is 28.3. The Hall–Kier alpha value is -6.04. The highest BCUT2D eigenvalue weighted by atomic mass is 16.7. The van der Waals surface area contributed by atoms with E-state index in [1.54, 1.807) is 63.8 Å². The molecule has 4 aromatic carbocycles. The molecule has 1 fully saturated rings. The average Bonchev–Trinajstić information content (AvgIpc) is 3.81. The molecule has 3 aliphatic rings. The molecule has 270 valence electrons. The monoisotopic (exact) mass is 710 g/mol. The van der Waals surface area contributed by atoms with Gasteiger partial charge in [-0.05, 0) is 76.9 Å². The molecule has 0 spiro atoms. The number of hydrogen-bond donors (Lipinski definition) is 0. The van der Waals surface area contributed by atoms with E-state index in [2.05, 4.69) is 0 Å². The van der Waals surface area contributed by atoms with Crippen molar-refractivity contribution in [3.63, 3.8) is 0 Å². The predicted molar refractivity (Wildman–Crippen MR) is 188 cm³/mol. The van der Waals surface area contributed by atoms with Crippen molar-refractivity contribution in [2.24, 2.45) is 11.8 Å². The van der Waals surface area contributed by atoms with E-state index in [-0.39, 0.29) is 19.0 Å². The van der Waals surface area contributed by atoms with Crippen LogP contribution in [0.1, 0.15) is 39.8 Å². The summed E-state index contributed by atoms with van der Waals surface area (Å²) in [7, 11) is 9.27. The molecule has 0 saturated carbocycles. The molecule has 12 nitrogen and oxygen atoms in total. The SMILES string of the molecule is COc1ccc(/C(=C\c2ccc(OC)c(OC)c2)C(=O)O[C@H]2c3cc4c(cc3[C@@H](c3cc(OC)c(OC)c(OC)c3)[C@H]3C(=O)OC[C@@H]32)OCO4)cc1. The zero-order chi connectivity index (χ0) is 36.5. The van der Waals surface area contributed by atoms with Crippen molar-refractivity contribution < 1.29 is 57.0 Å². The standard InChI is InChI=1S/C40H38O12/c1-43-24-10-8-22(9-11-24)25(13-21-7-12-29(44-2)30(14-21)45-3)39(41)52-37-27-18-32-31(50-20-51-32)17-26(27)35(36-28(37)19-49-40(36)42)23-15-33(46-4)38(48-6)34(16-23)47-5/h7-18,28,35-37H,19-20H2,1-6H3/b25-13+/t28-,35+,36-,37-/m0/s1. The third-order valence-corrected chi connectivity index (χ3v) is 9.74. The molecule has 0 aromatic heterocycles. The van der Waals surface area contributed by atoms with Crippen molar-refractivity contribution in [2.75, 3.05) is 56.1 Å². The molecule has 12 heteroatoms. The van der Waals surface area contributed by atoms with Crippen LogP contribution < -0.4 is 37.9 Å². The summed E-state index contributed by atoms with van der Waals surface area (Å²) in [6.45, 7) is 0.0651. The van der Waals surface area contributed by atoms with E-state index in [0.717, 1.165) is 5.56 Å². The number of methoxy groups -OCH3 is 6. The smallest absolute Gasteiger partial charge is 0.339 e. The Morgan fingerprint density at radius 3 is 1.96 bits per heavy atom. The molecule has 1 saturated heterocycles. The zero-order valence-corrected chi connectivity index (χ0v) is 29.6. The summed E-state index contributed by atoms with van der Waals surface area (Å²) in [6.07, 6.45) is 0.834. The number of carbonyl (C=O) groups excluding carboxylic acids is 2. The third kappa shape index (κ3) is 6.03. The second-order valence-corrected chi connectivity index (χ2v) is 12.3. The lowest BCUT2D eigenvalue weighted by Gasteiger charge is -2.38. The highest BCUT2D eigenvalue weighted by Crippen LogP contribution is 2.56. The van der Waals surface area contributed by atoms with Crippen molar-refractivity contribution in [1.29, 1.82) is 0 Å². The molecule has 0 bridgehead atoms. The minimum Gasteiger partial charge on any atom is -0.497 e. The van der Waals surface area contributed by atoms with Crippen molar-refractivity contribution in [3.05, 3.63) is 94.5 Å². The first-order valence-corrected chi connectivity index (χ1v) is 16.5. The van der Waals surface area contributed by atoms with Gasteiger partial charge in [0.25, 0.3) is 0 Å². The Morgan fingerprint density at radius 2 is 1.35 bits per heavy atom. The molecule has 0 unspecified atom stereocenters. The summed E-state index contributed by atoms with van der Waals surface area (Å²) in [5.74, 6) is 1.12. The zero-order valence-electron chi connectivity index (χ0n) is 29.6. The van der Waals surface area contributed by atoms with Crippen LogP contribution in [0.2, 0.25) is 0 Å². The van der Waals surface area contributed by atoms with Crippen LogP contribution in [0.15, 0.2) is 66.7 Å². The first kappa shape index (κ1) is 34.4. The first-order valence-electron chi connectivity index (χ1n) is 16.5. The Balaban J connectivity index is 1.36. The Bertz CT molecular complexity index is 2010. The molecule has 4 aromatic rings. The van der Waals surface area contributed by atoms with E-state index in [4.69, 9.17) is 47.4 Å². The normalized spacial score (nSPS) is 19.9. The number of hydrogen-bond acceptors (Lipinski definition) is 12. The number of fused-ring (bicyclic) bond motifs is 3. The number of carbonyl (C=O) groups is 2. The fourth-order valence-corrected chi connectivity index (χ4v) is 7.26. The fourth-order valence-electron chi connectivity index (χ4n) is 7.26. The molecule has 0 radical (unpaired) electrons. The number of rotatable bonds is 11. The van der Waals surface area contributed by atoms with Crippen LogP contribution in [-0.4, -0.2) is 68.0 Å². The summed E-state index contributed by atoms with van der Waals surface area (Å²) in [5.41, 5.74) is 3.63. The lowest BCUT2D eigenvalue weighted by molar-refractivity contribution is -0.147. The van der Waals surface area contributed by atoms with Crippen LogP contribution in [0.5, 0.6) is 46.0 Å². The molecule has 7 rings (SSSR count). The lowest BCUT2D eigenvalue weighted by Crippen LogP contribution is -2.36. The van der Waals surface area contributed by atoms with Gasteiger partial charge in [0.1, 0.15) is 11.9 Å². The van der Waals surface area contributed by atoms with Gasteiger partial charge in [-0.15, -0.1) is 0 Å².